The molecule has 3 atom stereocenters. The van der Waals surface area contributed by atoms with Crippen LogP contribution in [0.1, 0.15) is 226 Å². The lowest BCUT2D eigenvalue weighted by atomic mass is 10.0. The molecule has 0 radical (unpaired) electrons. The summed E-state index contributed by atoms with van der Waals surface area (Å²) in [5.74, 6) is -0.590. The molecule has 0 bridgehead atoms. The highest BCUT2D eigenvalue weighted by molar-refractivity contribution is 5.77. The molecule has 370 valence electrons. The van der Waals surface area contributed by atoms with E-state index in [0.717, 1.165) is 89.9 Å². The smallest absolute Gasteiger partial charge is 0.306 e. The Labute approximate surface area is 400 Å². The van der Waals surface area contributed by atoms with Crippen LogP contribution in [0.15, 0.2) is 109 Å². The van der Waals surface area contributed by atoms with Gasteiger partial charge in [-0.05, 0) is 89.9 Å². The van der Waals surface area contributed by atoms with E-state index in [1.165, 1.54) is 83.5 Å². The summed E-state index contributed by atoms with van der Waals surface area (Å²) >= 11 is 0. The number of esters is 1. The number of unbranched alkanes of at least 4 members (excludes halogenated alkanes) is 19. The highest BCUT2D eigenvalue weighted by atomic mass is 16.5. The molecule has 65 heavy (non-hydrogen) atoms. The van der Waals surface area contributed by atoms with Crippen molar-refractivity contribution in [1.29, 1.82) is 0 Å². The summed E-state index contributed by atoms with van der Waals surface area (Å²) in [4.78, 5) is 26.2. The lowest BCUT2D eigenvalue weighted by Crippen LogP contribution is -2.46. The molecule has 0 aliphatic heterocycles. The first-order chi connectivity index (χ1) is 32.0. The van der Waals surface area contributed by atoms with E-state index in [1.807, 2.05) is 18.2 Å². The Bertz CT molecular complexity index is 1330. The molecule has 0 saturated carbocycles. The van der Waals surface area contributed by atoms with E-state index in [0.29, 0.717) is 25.7 Å². The highest BCUT2D eigenvalue weighted by Crippen LogP contribution is 2.17. The Balaban J connectivity index is 4.79. The predicted molar refractivity (Wildman–Crippen MR) is 282 cm³/mol. The average molecular weight is 902 g/mol. The SMILES string of the molecule is CC/C=C\C/C=C\C/C=C\C/C=C\C/C=C\CCCC(=O)OC(CCCCC/C=C/C=C/C=C/C=C/CCCCC)CC(=O)NC(CO)C(O)CCCCCCCCCCCCCCC. The van der Waals surface area contributed by atoms with Gasteiger partial charge in [-0.15, -0.1) is 0 Å². The molecule has 0 aromatic carbocycles. The fraction of sp³-hybridized carbons (Fsp3) is 0.661. The first kappa shape index (κ1) is 61.5. The zero-order chi connectivity index (χ0) is 47.4. The zero-order valence-electron chi connectivity index (χ0n) is 42.1. The van der Waals surface area contributed by atoms with E-state index < -0.39 is 18.2 Å². The number of allylic oxidation sites excluding steroid dienone is 18. The molecule has 0 aromatic rings. The first-order valence-corrected chi connectivity index (χ1v) is 26.7. The summed E-state index contributed by atoms with van der Waals surface area (Å²) in [5, 5.41) is 23.8. The molecule has 3 unspecified atom stereocenters. The van der Waals surface area contributed by atoms with Crippen molar-refractivity contribution in [1.82, 2.24) is 5.32 Å². The maximum absolute atomic E-state index is 13.2. The summed E-state index contributed by atoms with van der Waals surface area (Å²) in [6, 6.07) is -0.733. The van der Waals surface area contributed by atoms with Gasteiger partial charge in [-0.25, -0.2) is 0 Å². The van der Waals surface area contributed by atoms with Crippen molar-refractivity contribution < 1.29 is 24.5 Å². The van der Waals surface area contributed by atoms with Crippen molar-refractivity contribution in [2.24, 2.45) is 0 Å². The van der Waals surface area contributed by atoms with Crippen molar-refractivity contribution in [3.8, 4) is 0 Å². The average Bonchev–Trinajstić information content (AvgIpc) is 3.30. The molecule has 6 heteroatoms. The van der Waals surface area contributed by atoms with Crippen LogP contribution in [-0.4, -0.2) is 46.9 Å². The largest absolute Gasteiger partial charge is 0.462 e. The highest BCUT2D eigenvalue weighted by Gasteiger charge is 2.24. The van der Waals surface area contributed by atoms with E-state index in [2.05, 4.69) is 117 Å². The Morgan fingerprint density at radius 1 is 0.477 bits per heavy atom. The second-order valence-corrected chi connectivity index (χ2v) is 17.6. The Morgan fingerprint density at radius 2 is 0.892 bits per heavy atom. The maximum Gasteiger partial charge on any atom is 0.306 e. The van der Waals surface area contributed by atoms with Gasteiger partial charge in [0, 0.05) is 6.42 Å². The van der Waals surface area contributed by atoms with Crippen molar-refractivity contribution in [2.75, 3.05) is 6.61 Å². The van der Waals surface area contributed by atoms with Crippen molar-refractivity contribution in [3.05, 3.63) is 109 Å². The number of ether oxygens (including phenoxy) is 1. The van der Waals surface area contributed by atoms with E-state index >= 15 is 0 Å². The van der Waals surface area contributed by atoms with Crippen molar-refractivity contribution in [2.45, 2.75) is 244 Å². The zero-order valence-corrected chi connectivity index (χ0v) is 42.1. The number of aliphatic hydroxyl groups excluding tert-OH is 2. The molecule has 0 saturated heterocycles. The van der Waals surface area contributed by atoms with Gasteiger partial charge in [0.2, 0.25) is 5.91 Å². The van der Waals surface area contributed by atoms with Crippen molar-refractivity contribution in [3.63, 3.8) is 0 Å². The fourth-order valence-corrected chi connectivity index (χ4v) is 7.42. The lowest BCUT2D eigenvalue weighted by Gasteiger charge is -2.24. The summed E-state index contributed by atoms with van der Waals surface area (Å²) in [6.07, 6.45) is 70.0. The molecule has 0 aliphatic rings. The van der Waals surface area contributed by atoms with Gasteiger partial charge in [-0.2, -0.15) is 0 Å². The number of nitrogens with one attached hydrogen (secondary N) is 1. The molecule has 6 nitrogen and oxygen atoms in total. The number of carbonyl (C=O) groups is 2. The van der Waals surface area contributed by atoms with Crippen LogP contribution in [0.5, 0.6) is 0 Å². The number of amides is 1. The van der Waals surface area contributed by atoms with Gasteiger partial charge < -0.3 is 20.3 Å². The van der Waals surface area contributed by atoms with Crippen LogP contribution >= 0.6 is 0 Å². The molecule has 0 fully saturated rings. The molecular weight excluding hydrogens is 803 g/mol. The van der Waals surface area contributed by atoms with Crippen LogP contribution in [0.3, 0.4) is 0 Å². The topological polar surface area (TPSA) is 95.9 Å². The van der Waals surface area contributed by atoms with Crippen molar-refractivity contribution >= 4 is 11.9 Å². The van der Waals surface area contributed by atoms with Crippen LogP contribution in [0, 0.1) is 0 Å². The first-order valence-electron chi connectivity index (χ1n) is 26.7. The molecule has 0 aromatic heterocycles. The Kier molecular flexibility index (Phi) is 48.7. The van der Waals surface area contributed by atoms with E-state index in [-0.39, 0.29) is 24.9 Å². The molecule has 1 amide bonds. The minimum atomic E-state index is -0.815. The van der Waals surface area contributed by atoms with Gasteiger partial charge in [-0.1, -0.05) is 233 Å². The Hall–Kier alpha value is -3.48. The third-order valence-corrected chi connectivity index (χ3v) is 11.4. The van der Waals surface area contributed by atoms with Gasteiger partial charge in [0.05, 0.1) is 25.2 Å². The quantitative estimate of drug-likeness (QED) is 0.0245. The van der Waals surface area contributed by atoms with E-state index in [1.54, 1.807) is 0 Å². The van der Waals surface area contributed by atoms with E-state index in [9.17, 15) is 19.8 Å². The fourth-order valence-electron chi connectivity index (χ4n) is 7.42. The van der Waals surface area contributed by atoms with Gasteiger partial charge in [0.15, 0.2) is 0 Å². The summed E-state index contributed by atoms with van der Waals surface area (Å²) < 4.78 is 5.90. The van der Waals surface area contributed by atoms with Gasteiger partial charge >= 0.3 is 5.97 Å². The van der Waals surface area contributed by atoms with Gasteiger partial charge in [0.25, 0.3) is 0 Å². The third kappa shape index (κ3) is 46.8. The second kappa shape index (κ2) is 51.5. The minimum absolute atomic E-state index is 0.0224. The number of hydrogen-bond acceptors (Lipinski definition) is 5. The molecular formula is C59H99NO5. The van der Waals surface area contributed by atoms with Gasteiger partial charge in [-0.3, -0.25) is 9.59 Å². The number of carbonyl (C=O) groups excluding carboxylic acids is 2. The molecule has 3 N–H and O–H groups in total. The van der Waals surface area contributed by atoms with Crippen LogP contribution in [0.25, 0.3) is 0 Å². The van der Waals surface area contributed by atoms with Crippen LogP contribution in [0.4, 0.5) is 0 Å². The monoisotopic (exact) mass is 902 g/mol. The summed E-state index contributed by atoms with van der Waals surface area (Å²) in [6.45, 7) is 6.30. The normalized spacial score (nSPS) is 14.1. The van der Waals surface area contributed by atoms with Gasteiger partial charge in [0.1, 0.15) is 6.10 Å². The predicted octanol–water partition coefficient (Wildman–Crippen LogP) is 16.3. The minimum Gasteiger partial charge on any atom is -0.462 e. The molecule has 0 rings (SSSR count). The number of rotatable bonds is 46. The third-order valence-electron chi connectivity index (χ3n) is 11.4. The maximum atomic E-state index is 13.2. The second-order valence-electron chi connectivity index (χ2n) is 17.6. The Morgan fingerprint density at radius 3 is 1.42 bits per heavy atom. The van der Waals surface area contributed by atoms with Crippen LogP contribution in [-0.2, 0) is 14.3 Å². The molecule has 0 aliphatic carbocycles. The van der Waals surface area contributed by atoms with Crippen LogP contribution in [0.2, 0.25) is 0 Å². The number of hydrogen-bond donors (Lipinski definition) is 3. The van der Waals surface area contributed by atoms with Crippen LogP contribution < -0.4 is 5.32 Å². The number of aliphatic hydroxyl groups is 2. The summed E-state index contributed by atoms with van der Waals surface area (Å²) in [7, 11) is 0. The molecule has 0 heterocycles. The lowest BCUT2D eigenvalue weighted by molar-refractivity contribution is -0.151. The summed E-state index contributed by atoms with van der Waals surface area (Å²) in [5.41, 5.74) is 0. The van der Waals surface area contributed by atoms with E-state index in [4.69, 9.17) is 4.74 Å². The molecule has 0 spiro atoms. The standard InChI is InChI=1S/C59H99NO5/c1-4-7-10-13-16-19-22-25-27-29-31-34-37-40-43-46-49-52-59(64)65-55(50-47-44-41-38-35-33-30-28-26-23-20-17-14-11-8-5-2)53-58(63)60-56(54-61)57(62)51-48-45-42-39-36-32-24-21-18-15-12-9-6-3/h7,10,16-17,19-20,23,25-28,30-31,33-35,40,43,55-57,61-62H,4-6,8-9,11-15,18,21-22,24,29,32,36-39,41-42,44-54H2,1-3H3,(H,60,63)/b10-7-,19-16-,20-17+,26-23+,27-25-,30-28+,34-31-,35-33+,43-40-.